The number of halogens is 1. The largest absolute Gasteiger partial charge is 0.335 e. The third-order valence-electron chi connectivity index (χ3n) is 2.64. The Morgan fingerprint density at radius 2 is 2.12 bits per heavy atom. The van der Waals surface area contributed by atoms with E-state index < -0.39 is 6.17 Å². The first-order chi connectivity index (χ1) is 7.74. The van der Waals surface area contributed by atoms with Gasteiger partial charge in [0.25, 0.3) is 0 Å². The summed E-state index contributed by atoms with van der Waals surface area (Å²) in [5.74, 6) is 0. The van der Waals surface area contributed by atoms with Gasteiger partial charge in [-0.1, -0.05) is 0 Å². The zero-order valence-corrected chi connectivity index (χ0v) is 8.82. The smallest absolute Gasteiger partial charge is 0.319 e. The molecule has 0 aromatic carbocycles. The first-order valence-electron chi connectivity index (χ1n) is 5.35. The Morgan fingerprint density at radius 1 is 1.38 bits per heavy atom. The fraction of sp³-hybridized carbons (Fsp3) is 0.455. The van der Waals surface area contributed by atoms with Gasteiger partial charge in [-0.2, -0.15) is 0 Å². The average Bonchev–Trinajstić information content (AvgIpc) is 2.65. The van der Waals surface area contributed by atoms with E-state index in [9.17, 15) is 9.18 Å². The second-order valence-corrected chi connectivity index (χ2v) is 3.94. The molecular weight excluding hydrogens is 209 g/mol. The predicted octanol–water partition coefficient (Wildman–Crippen LogP) is 2.09. The molecule has 1 heterocycles. The first kappa shape index (κ1) is 10.9. The van der Waals surface area contributed by atoms with Crippen LogP contribution in [-0.2, 0) is 0 Å². The molecule has 0 bridgehead atoms. The van der Waals surface area contributed by atoms with Crippen molar-refractivity contribution in [1.82, 2.24) is 10.3 Å². The van der Waals surface area contributed by atoms with Gasteiger partial charge in [-0.15, -0.1) is 0 Å². The summed E-state index contributed by atoms with van der Waals surface area (Å²) in [4.78, 5) is 15.4. The zero-order chi connectivity index (χ0) is 11.4. The van der Waals surface area contributed by atoms with Crippen LogP contribution in [0.1, 0.15) is 19.3 Å². The van der Waals surface area contributed by atoms with Crippen molar-refractivity contribution in [3.63, 3.8) is 0 Å². The van der Waals surface area contributed by atoms with Crippen LogP contribution in [0.3, 0.4) is 0 Å². The summed E-state index contributed by atoms with van der Waals surface area (Å²) in [6.07, 6.45) is 4.10. The van der Waals surface area contributed by atoms with Crippen LogP contribution >= 0.6 is 0 Å². The van der Waals surface area contributed by atoms with Gasteiger partial charge < -0.3 is 10.6 Å². The second kappa shape index (κ2) is 4.92. The highest BCUT2D eigenvalue weighted by molar-refractivity contribution is 5.89. The number of carbonyl (C=O) groups is 1. The van der Waals surface area contributed by atoms with Crippen LogP contribution in [0.2, 0.25) is 0 Å². The van der Waals surface area contributed by atoms with Gasteiger partial charge in [-0.3, -0.25) is 4.98 Å². The third-order valence-corrected chi connectivity index (χ3v) is 2.64. The van der Waals surface area contributed by atoms with Crippen LogP contribution in [0.5, 0.6) is 0 Å². The summed E-state index contributed by atoms with van der Waals surface area (Å²) < 4.78 is 12.9. The number of nitrogens with zero attached hydrogens (tertiary/aromatic N) is 1. The van der Waals surface area contributed by atoms with Crippen LogP contribution in [0.25, 0.3) is 0 Å². The Morgan fingerprint density at radius 3 is 2.75 bits per heavy atom. The molecule has 2 atom stereocenters. The highest BCUT2D eigenvalue weighted by Gasteiger charge is 2.25. The fourth-order valence-electron chi connectivity index (χ4n) is 1.85. The van der Waals surface area contributed by atoms with Crippen molar-refractivity contribution in [2.75, 3.05) is 5.32 Å². The molecule has 86 valence electrons. The van der Waals surface area contributed by atoms with Gasteiger partial charge in [0, 0.05) is 24.1 Å². The Labute approximate surface area is 93.3 Å². The SMILES string of the molecule is O=C(Nc1ccncc1)NC1CCC(F)C1. The van der Waals surface area contributed by atoms with Gasteiger partial charge in [0.1, 0.15) is 6.17 Å². The number of nitrogens with one attached hydrogen (secondary N) is 2. The molecule has 5 heteroatoms. The lowest BCUT2D eigenvalue weighted by Gasteiger charge is -2.12. The molecule has 1 aliphatic carbocycles. The number of aromatic nitrogens is 1. The van der Waals surface area contributed by atoms with Crippen LogP contribution in [0, 0.1) is 0 Å². The number of amides is 2. The fourth-order valence-corrected chi connectivity index (χ4v) is 1.85. The molecule has 16 heavy (non-hydrogen) atoms. The van der Waals surface area contributed by atoms with E-state index in [1.165, 1.54) is 0 Å². The number of urea groups is 1. The standard InChI is InChI=1S/C11H14FN3O/c12-8-1-2-10(7-8)15-11(16)14-9-3-5-13-6-4-9/h3-6,8,10H,1-2,7H2,(H2,13,14,15,16). The molecule has 2 unspecified atom stereocenters. The molecule has 2 amide bonds. The first-order valence-corrected chi connectivity index (χ1v) is 5.35. The molecule has 4 nitrogen and oxygen atoms in total. The number of carbonyl (C=O) groups excluding carboxylic acids is 1. The normalized spacial score (nSPS) is 24.1. The van der Waals surface area contributed by atoms with Gasteiger partial charge in [0.2, 0.25) is 0 Å². The van der Waals surface area contributed by atoms with Crippen molar-refractivity contribution in [2.45, 2.75) is 31.5 Å². The summed E-state index contributed by atoms with van der Waals surface area (Å²) in [6, 6.07) is 3.07. The zero-order valence-electron chi connectivity index (χ0n) is 8.82. The number of rotatable bonds is 2. The van der Waals surface area contributed by atoms with Gasteiger partial charge in [0.15, 0.2) is 0 Å². The van der Waals surface area contributed by atoms with E-state index in [1.807, 2.05) is 0 Å². The summed E-state index contributed by atoms with van der Waals surface area (Å²) in [7, 11) is 0. The Kier molecular flexibility index (Phi) is 3.34. The minimum Gasteiger partial charge on any atom is -0.335 e. The number of pyridine rings is 1. The van der Waals surface area contributed by atoms with Gasteiger partial charge >= 0.3 is 6.03 Å². The molecule has 0 aliphatic heterocycles. The molecule has 1 fully saturated rings. The average molecular weight is 223 g/mol. The lowest BCUT2D eigenvalue weighted by Crippen LogP contribution is -2.36. The maximum Gasteiger partial charge on any atom is 0.319 e. The summed E-state index contributed by atoms with van der Waals surface area (Å²) in [5, 5.41) is 5.42. The summed E-state index contributed by atoms with van der Waals surface area (Å²) in [6.45, 7) is 0. The van der Waals surface area contributed by atoms with E-state index in [4.69, 9.17) is 0 Å². The lowest BCUT2D eigenvalue weighted by atomic mass is 10.2. The van der Waals surface area contributed by atoms with Crippen LogP contribution < -0.4 is 10.6 Å². The molecule has 2 rings (SSSR count). The lowest BCUT2D eigenvalue weighted by molar-refractivity contribution is 0.247. The molecule has 1 saturated carbocycles. The number of hydrogen-bond acceptors (Lipinski definition) is 2. The van der Waals surface area contributed by atoms with Gasteiger partial charge in [-0.05, 0) is 31.4 Å². The molecular formula is C11H14FN3O. The molecule has 0 radical (unpaired) electrons. The Balaban J connectivity index is 1.81. The topological polar surface area (TPSA) is 54.0 Å². The van der Waals surface area contributed by atoms with Crippen LogP contribution in [0.15, 0.2) is 24.5 Å². The monoisotopic (exact) mass is 223 g/mol. The maximum atomic E-state index is 12.9. The van der Waals surface area contributed by atoms with Crippen molar-refractivity contribution in [2.24, 2.45) is 0 Å². The second-order valence-electron chi connectivity index (χ2n) is 3.94. The van der Waals surface area contributed by atoms with Crippen LogP contribution in [-0.4, -0.2) is 23.2 Å². The molecule has 2 N–H and O–H groups in total. The van der Waals surface area contributed by atoms with E-state index in [0.29, 0.717) is 24.9 Å². The van der Waals surface area contributed by atoms with Crippen molar-refractivity contribution < 1.29 is 9.18 Å². The van der Waals surface area contributed by atoms with E-state index in [-0.39, 0.29) is 12.1 Å². The van der Waals surface area contributed by atoms with Crippen molar-refractivity contribution in [3.05, 3.63) is 24.5 Å². The van der Waals surface area contributed by atoms with E-state index in [1.54, 1.807) is 24.5 Å². The Hall–Kier alpha value is -1.65. The highest BCUT2D eigenvalue weighted by Crippen LogP contribution is 2.21. The van der Waals surface area contributed by atoms with Gasteiger partial charge in [-0.25, -0.2) is 9.18 Å². The van der Waals surface area contributed by atoms with Crippen molar-refractivity contribution in [1.29, 1.82) is 0 Å². The van der Waals surface area contributed by atoms with E-state index in [2.05, 4.69) is 15.6 Å². The molecule has 1 aromatic rings. The summed E-state index contributed by atoms with van der Waals surface area (Å²) in [5.41, 5.74) is 0.683. The minimum atomic E-state index is -0.772. The van der Waals surface area contributed by atoms with Crippen molar-refractivity contribution in [3.8, 4) is 0 Å². The number of alkyl halides is 1. The quantitative estimate of drug-likeness (QED) is 0.806. The number of hydrogen-bond donors (Lipinski definition) is 2. The minimum absolute atomic E-state index is 0.0446. The van der Waals surface area contributed by atoms with Gasteiger partial charge in [0.05, 0.1) is 0 Å². The molecule has 0 saturated heterocycles. The maximum absolute atomic E-state index is 12.9. The van der Waals surface area contributed by atoms with Crippen LogP contribution in [0.4, 0.5) is 14.9 Å². The molecule has 1 aromatic heterocycles. The van der Waals surface area contributed by atoms with E-state index in [0.717, 1.165) is 0 Å². The third kappa shape index (κ3) is 2.92. The summed E-state index contributed by atoms with van der Waals surface area (Å²) >= 11 is 0. The number of anilines is 1. The molecule has 0 spiro atoms. The van der Waals surface area contributed by atoms with Crippen molar-refractivity contribution >= 4 is 11.7 Å². The van der Waals surface area contributed by atoms with E-state index >= 15 is 0 Å². The highest BCUT2D eigenvalue weighted by atomic mass is 19.1. The molecule has 1 aliphatic rings. The Bertz CT molecular complexity index is 358. The predicted molar refractivity (Wildman–Crippen MR) is 58.9 cm³/mol.